The van der Waals surface area contributed by atoms with E-state index in [1.165, 1.54) is 6.42 Å². The van der Waals surface area contributed by atoms with E-state index in [4.69, 9.17) is 4.74 Å². The number of likely N-dealkylation sites (tertiary alicyclic amines) is 1. The molecule has 3 rings (SSSR count). The quantitative estimate of drug-likeness (QED) is 0.783. The van der Waals surface area contributed by atoms with Crippen molar-refractivity contribution in [2.45, 2.75) is 20.0 Å². The molecule has 1 spiro atoms. The Hall–Kier alpha value is -1.51. The van der Waals surface area contributed by atoms with Crippen LogP contribution in [0.25, 0.3) is 0 Å². The molecule has 90 valence electrons. The molecule has 1 atom stereocenters. The molecule has 2 aliphatic rings. The highest BCUT2D eigenvalue weighted by molar-refractivity contribution is 5.69. The first-order chi connectivity index (χ1) is 8.20. The van der Waals surface area contributed by atoms with Gasteiger partial charge in [0.15, 0.2) is 0 Å². The SMILES string of the molecule is C[C@@H]1CC12CN(C(=O)OCc1ccccc1)C2. The van der Waals surface area contributed by atoms with E-state index in [9.17, 15) is 4.79 Å². The molecule has 0 bridgehead atoms. The smallest absolute Gasteiger partial charge is 0.410 e. The van der Waals surface area contributed by atoms with Gasteiger partial charge in [-0.3, -0.25) is 0 Å². The summed E-state index contributed by atoms with van der Waals surface area (Å²) in [5.74, 6) is 0.792. The molecule has 0 unspecified atom stereocenters. The summed E-state index contributed by atoms with van der Waals surface area (Å²) >= 11 is 0. The monoisotopic (exact) mass is 231 g/mol. The topological polar surface area (TPSA) is 29.5 Å². The lowest BCUT2D eigenvalue weighted by Crippen LogP contribution is -2.52. The minimum absolute atomic E-state index is 0.168. The van der Waals surface area contributed by atoms with E-state index in [1.54, 1.807) is 0 Å². The molecule has 1 aromatic carbocycles. The molecule has 17 heavy (non-hydrogen) atoms. The Morgan fingerprint density at radius 2 is 2.06 bits per heavy atom. The molecule has 1 saturated heterocycles. The fraction of sp³-hybridized carbons (Fsp3) is 0.500. The van der Waals surface area contributed by atoms with Gasteiger partial charge in [-0.25, -0.2) is 4.79 Å². The van der Waals surface area contributed by atoms with Gasteiger partial charge in [0.2, 0.25) is 0 Å². The van der Waals surface area contributed by atoms with E-state index < -0.39 is 0 Å². The zero-order valence-electron chi connectivity index (χ0n) is 10.1. The molecule has 1 amide bonds. The molecule has 1 aliphatic heterocycles. The average Bonchev–Trinajstić information content (AvgIpc) is 2.97. The standard InChI is InChI=1S/C14H17NO2/c1-11-7-14(11)9-15(10-14)13(16)17-8-12-5-3-2-4-6-12/h2-6,11H,7-10H2,1H3/t11-/m1/s1. The molecule has 2 fully saturated rings. The molecule has 0 N–H and O–H groups in total. The van der Waals surface area contributed by atoms with Crippen molar-refractivity contribution in [3.05, 3.63) is 35.9 Å². The first kappa shape index (κ1) is 10.6. The first-order valence-electron chi connectivity index (χ1n) is 6.15. The van der Waals surface area contributed by atoms with Crippen LogP contribution < -0.4 is 0 Å². The van der Waals surface area contributed by atoms with Gasteiger partial charge in [0.1, 0.15) is 6.61 Å². The number of hydrogen-bond acceptors (Lipinski definition) is 2. The molecule has 1 saturated carbocycles. The number of amides is 1. The highest BCUT2D eigenvalue weighted by atomic mass is 16.6. The molecule has 3 nitrogen and oxygen atoms in total. The van der Waals surface area contributed by atoms with Gasteiger partial charge in [0.05, 0.1) is 0 Å². The number of rotatable bonds is 2. The van der Waals surface area contributed by atoms with Gasteiger partial charge < -0.3 is 9.64 Å². The fourth-order valence-electron chi connectivity index (χ4n) is 2.65. The van der Waals surface area contributed by atoms with Gasteiger partial charge in [0, 0.05) is 18.5 Å². The maximum Gasteiger partial charge on any atom is 0.410 e. The van der Waals surface area contributed by atoms with Crippen molar-refractivity contribution in [1.82, 2.24) is 4.90 Å². The normalized spacial score (nSPS) is 24.3. The van der Waals surface area contributed by atoms with Crippen LogP contribution in [0.1, 0.15) is 18.9 Å². The van der Waals surface area contributed by atoms with Crippen LogP contribution in [0.2, 0.25) is 0 Å². The predicted octanol–water partition coefficient (Wildman–Crippen LogP) is 2.67. The van der Waals surface area contributed by atoms with Crippen LogP contribution in [0.4, 0.5) is 4.79 Å². The third-order valence-corrected chi connectivity index (χ3v) is 4.07. The van der Waals surface area contributed by atoms with E-state index >= 15 is 0 Å². The molecule has 1 heterocycles. The summed E-state index contributed by atoms with van der Waals surface area (Å²) in [6.07, 6.45) is 1.11. The third-order valence-electron chi connectivity index (χ3n) is 4.07. The van der Waals surface area contributed by atoms with Gasteiger partial charge in [-0.2, -0.15) is 0 Å². The van der Waals surface area contributed by atoms with Crippen LogP contribution in [0.15, 0.2) is 30.3 Å². The number of nitrogens with zero attached hydrogens (tertiary/aromatic N) is 1. The van der Waals surface area contributed by atoms with Crippen LogP contribution >= 0.6 is 0 Å². The summed E-state index contributed by atoms with van der Waals surface area (Å²) in [4.78, 5) is 13.5. The molecular weight excluding hydrogens is 214 g/mol. The molecule has 0 aromatic heterocycles. The Labute approximate surface area is 101 Å². The minimum atomic E-state index is -0.168. The van der Waals surface area contributed by atoms with E-state index in [1.807, 2.05) is 35.2 Å². The third kappa shape index (κ3) is 1.90. The van der Waals surface area contributed by atoms with Crippen LogP contribution in [-0.2, 0) is 11.3 Å². The van der Waals surface area contributed by atoms with E-state index in [0.29, 0.717) is 12.0 Å². The molecule has 0 radical (unpaired) electrons. The number of carbonyl (C=O) groups excluding carboxylic acids is 1. The largest absolute Gasteiger partial charge is 0.445 e. The summed E-state index contributed by atoms with van der Waals surface area (Å²) in [5.41, 5.74) is 1.50. The second-order valence-corrected chi connectivity index (χ2v) is 5.36. The Kier molecular flexibility index (Phi) is 2.35. The van der Waals surface area contributed by atoms with Crippen LogP contribution in [0.3, 0.4) is 0 Å². The number of ether oxygens (including phenoxy) is 1. The van der Waals surface area contributed by atoms with Gasteiger partial charge >= 0.3 is 6.09 Å². The average molecular weight is 231 g/mol. The van der Waals surface area contributed by atoms with Crippen molar-refractivity contribution < 1.29 is 9.53 Å². The Morgan fingerprint density at radius 1 is 1.41 bits per heavy atom. The second-order valence-electron chi connectivity index (χ2n) is 5.36. The Morgan fingerprint density at radius 3 is 2.65 bits per heavy atom. The van der Waals surface area contributed by atoms with Crippen LogP contribution in [0.5, 0.6) is 0 Å². The minimum Gasteiger partial charge on any atom is -0.445 e. The second kappa shape index (κ2) is 3.76. The molecule has 3 heteroatoms. The fourth-order valence-corrected chi connectivity index (χ4v) is 2.65. The number of hydrogen-bond donors (Lipinski definition) is 0. The molecular formula is C14H17NO2. The van der Waals surface area contributed by atoms with Crippen molar-refractivity contribution in [1.29, 1.82) is 0 Å². The number of carbonyl (C=O) groups is 1. The van der Waals surface area contributed by atoms with Crippen molar-refractivity contribution >= 4 is 6.09 Å². The van der Waals surface area contributed by atoms with Gasteiger partial charge in [-0.15, -0.1) is 0 Å². The van der Waals surface area contributed by atoms with Gasteiger partial charge in [-0.1, -0.05) is 37.3 Å². The Balaban J connectivity index is 1.46. The van der Waals surface area contributed by atoms with E-state index in [-0.39, 0.29) is 6.09 Å². The highest BCUT2D eigenvalue weighted by Gasteiger charge is 2.60. The van der Waals surface area contributed by atoms with Crippen LogP contribution in [-0.4, -0.2) is 24.1 Å². The molecule has 1 aromatic rings. The van der Waals surface area contributed by atoms with Crippen molar-refractivity contribution in [2.24, 2.45) is 11.3 Å². The summed E-state index contributed by atoms with van der Waals surface area (Å²) in [6.45, 7) is 4.41. The zero-order valence-corrected chi connectivity index (χ0v) is 10.1. The summed E-state index contributed by atoms with van der Waals surface area (Å²) in [6, 6.07) is 9.79. The van der Waals surface area contributed by atoms with Crippen molar-refractivity contribution in [3.63, 3.8) is 0 Å². The Bertz CT molecular complexity index is 423. The summed E-state index contributed by atoms with van der Waals surface area (Å²) in [7, 11) is 0. The van der Waals surface area contributed by atoms with E-state index in [2.05, 4.69) is 6.92 Å². The van der Waals surface area contributed by atoms with Crippen LogP contribution in [0, 0.1) is 11.3 Å². The van der Waals surface area contributed by atoms with E-state index in [0.717, 1.165) is 24.6 Å². The first-order valence-corrected chi connectivity index (χ1v) is 6.15. The predicted molar refractivity (Wildman–Crippen MR) is 64.4 cm³/mol. The summed E-state index contributed by atoms with van der Waals surface area (Å²) < 4.78 is 5.28. The zero-order chi connectivity index (χ0) is 11.9. The van der Waals surface area contributed by atoms with Crippen molar-refractivity contribution in [2.75, 3.05) is 13.1 Å². The lowest BCUT2D eigenvalue weighted by molar-refractivity contribution is 0.0360. The van der Waals surface area contributed by atoms with Gasteiger partial charge in [-0.05, 0) is 17.9 Å². The maximum atomic E-state index is 11.7. The highest BCUT2D eigenvalue weighted by Crippen LogP contribution is 2.58. The van der Waals surface area contributed by atoms with Gasteiger partial charge in [0.25, 0.3) is 0 Å². The maximum absolute atomic E-state index is 11.7. The lowest BCUT2D eigenvalue weighted by Gasteiger charge is -2.39. The summed E-state index contributed by atoms with van der Waals surface area (Å²) in [5, 5.41) is 0. The van der Waals surface area contributed by atoms with Crippen molar-refractivity contribution in [3.8, 4) is 0 Å². The lowest BCUT2D eigenvalue weighted by atomic mass is 9.95. The molecule has 1 aliphatic carbocycles. The number of benzene rings is 1.